The summed E-state index contributed by atoms with van der Waals surface area (Å²) in [4.78, 5) is 12.1. The summed E-state index contributed by atoms with van der Waals surface area (Å²) in [5.41, 5.74) is 1.55. The van der Waals surface area contributed by atoms with Crippen molar-refractivity contribution in [3.8, 4) is 0 Å². The minimum atomic E-state index is -0.139. The van der Waals surface area contributed by atoms with Crippen molar-refractivity contribution < 1.29 is 0 Å². The Morgan fingerprint density at radius 2 is 2.11 bits per heavy atom. The fourth-order valence-electron chi connectivity index (χ4n) is 1.73. The van der Waals surface area contributed by atoms with Gasteiger partial charge in [-0.15, -0.1) is 0 Å². The highest BCUT2D eigenvalue weighted by Gasteiger charge is 2.13. The third kappa shape index (κ3) is 2.86. The van der Waals surface area contributed by atoms with Crippen molar-refractivity contribution >= 4 is 21.6 Å². The van der Waals surface area contributed by atoms with Gasteiger partial charge in [-0.05, 0) is 36.7 Å². The molecule has 2 aromatic heterocycles. The Morgan fingerprint density at radius 3 is 2.68 bits per heavy atom. The molecule has 0 radical (unpaired) electrons. The van der Waals surface area contributed by atoms with Crippen molar-refractivity contribution in [1.82, 2.24) is 20.0 Å². The minimum Gasteiger partial charge on any atom is -0.376 e. The summed E-state index contributed by atoms with van der Waals surface area (Å²) in [6.07, 6.45) is 5.21. The lowest BCUT2D eigenvalue weighted by Gasteiger charge is -2.16. The van der Waals surface area contributed by atoms with E-state index in [1.807, 2.05) is 27.0 Å². The first-order chi connectivity index (χ1) is 9.00. The highest BCUT2D eigenvalue weighted by molar-refractivity contribution is 9.10. The van der Waals surface area contributed by atoms with Crippen molar-refractivity contribution in [1.29, 1.82) is 0 Å². The molecule has 0 saturated carbocycles. The lowest BCUT2D eigenvalue weighted by molar-refractivity contribution is 0.501. The van der Waals surface area contributed by atoms with E-state index in [4.69, 9.17) is 0 Å². The lowest BCUT2D eigenvalue weighted by atomic mass is 10.2. The van der Waals surface area contributed by atoms with Crippen LogP contribution in [0.5, 0.6) is 0 Å². The first kappa shape index (κ1) is 13.8. The average molecular weight is 326 g/mol. The van der Waals surface area contributed by atoms with Crippen LogP contribution in [0.3, 0.4) is 0 Å². The van der Waals surface area contributed by atoms with Crippen LogP contribution in [0.2, 0.25) is 0 Å². The van der Waals surface area contributed by atoms with Crippen LogP contribution in [0.1, 0.15) is 38.4 Å². The van der Waals surface area contributed by atoms with Gasteiger partial charge < -0.3 is 5.32 Å². The van der Waals surface area contributed by atoms with Crippen molar-refractivity contribution in [2.75, 3.05) is 5.32 Å². The summed E-state index contributed by atoms with van der Waals surface area (Å²) in [6.45, 7) is 5.83. The largest absolute Gasteiger partial charge is 0.376 e. The van der Waals surface area contributed by atoms with Gasteiger partial charge in [0.1, 0.15) is 4.47 Å². The zero-order chi connectivity index (χ0) is 14.0. The molecular formula is C12H16BrN5O. The number of nitrogens with zero attached hydrogens (tertiary/aromatic N) is 3. The van der Waals surface area contributed by atoms with E-state index in [0.717, 1.165) is 5.56 Å². The van der Waals surface area contributed by atoms with Crippen molar-refractivity contribution in [3.05, 3.63) is 39.0 Å². The monoisotopic (exact) mass is 325 g/mol. The smallest absolute Gasteiger partial charge is 0.283 e. The fraction of sp³-hybridized carbons (Fsp3) is 0.417. The molecule has 19 heavy (non-hydrogen) atoms. The van der Waals surface area contributed by atoms with Crippen LogP contribution in [0.25, 0.3) is 0 Å². The van der Waals surface area contributed by atoms with E-state index < -0.39 is 0 Å². The SMILES string of the molecule is CC(Nc1cnn(C(C)C)c(=O)c1Br)c1cn[nH]c1. The number of nitrogens with one attached hydrogen (secondary N) is 2. The van der Waals surface area contributed by atoms with E-state index in [0.29, 0.717) is 10.2 Å². The summed E-state index contributed by atoms with van der Waals surface area (Å²) in [6, 6.07) is 0.0651. The molecule has 2 rings (SSSR count). The molecule has 1 atom stereocenters. The molecular weight excluding hydrogens is 310 g/mol. The number of H-pyrrole nitrogens is 1. The second kappa shape index (κ2) is 5.56. The molecule has 0 bridgehead atoms. The molecule has 0 spiro atoms. The molecule has 2 aromatic rings. The van der Waals surface area contributed by atoms with E-state index in [2.05, 4.69) is 36.5 Å². The number of aromatic amines is 1. The average Bonchev–Trinajstić information content (AvgIpc) is 2.88. The first-order valence-corrected chi connectivity index (χ1v) is 6.82. The Hall–Kier alpha value is -1.63. The van der Waals surface area contributed by atoms with Crippen molar-refractivity contribution in [2.45, 2.75) is 32.9 Å². The molecule has 0 fully saturated rings. The number of halogens is 1. The minimum absolute atomic E-state index is 0.0316. The normalized spacial score (nSPS) is 12.7. The van der Waals surface area contributed by atoms with Crippen LogP contribution >= 0.6 is 15.9 Å². The Bertz CT molecular complexity index is 605. The predicted molar refractivity (Wildman–Crippen MR) is 77.2 cm³/mol. The highest BCUT2D eigenvalue weighted by atomic mass is 79.9. The third-order valence-electron chi connectivity index (χ3n) is 2.82. The second-order valence-electron chi connectivity index (χ2n) is 4.61. The molecule has 6 nitrogen and oxygen atoms in total. The molecule has 1 unspecified atom stereocenters. The Morgan fingerprint density at radius 1 is 1.37 bits per heavy atom. The standard InChI is InChI=1S/C12H16BrN5O/c1-7(2)18-12(19)11(13)10(6-16-18)17-8(3)9-4-14-15-5-9/h4-8,17H,1-3H3,(H,14,15). The van der Waals surface area contributed by atoms with E-state index in [1.165, 1.54) is 4.68 Å². The molecule has 2 N–H and O–H groups in total. The summed E-state index contributed by atoms with van der Waals surface area (Å²) >= 11 is 3.33. The van der Waals surface area contributed by atoms with Gasteiger partial charge in [-0.1, -0.05) is 0 Å². The van der Waals surface area contributed by atoms with Gasteiger partial charge in [0.25, 0.3) is 5.56 Å². The number of aromatic nitrogens is 4. The molecule has 0 aliphatic carbocycles. The maximum atomic E-state index is 12.1. The lowest BCUT2D eigenvalue weighted by Crippen LogP contribution is -2.26. The van der Waals surface area contributed by atoms with Crippen LogP contribution < -0.4 is 10.9 Å². The summed E-state index contributed by atoms with van der Waals surface area (Å²) in [5, 5.41) is 14.1. The molecule has 0 aliphatic rings. The van der Waals surface area contributed by atoms with Crippen molar-refractivity contribution in [2.24, 2.45) is 0 Å². The molecule has 2 heterocycles. The predicted octanol–water partition coefficient (Wildman–Crippen LogP) is 2.48. The zero-order valence-electron chi connectivity index (χ0n) is 11.0. The van der Waals surface area contributed by atoms with Gasteiger partial charge in [0.2, 0.25) is 0 Å². The third-order valence-corrected chi connectivity index (χ3v) is 3.59. The quantitative estimate of drug-likeness (QED) is 0.905. The first-order valence-electron chi connectivity index (χ1n) is 6.03. The van der Waals surface area contributed by atoms with Gasteiger partial charge in [0.05, 0.1) is 30.2 Å². The van der Waals surface area contributed by atoms with Crippen LogP contribution in [-0.2, 0) is 0 Å². The van der Waals surface area contributed by atoms with Gasteiger partial charge in [-0.2, -0.15) is 10.2 Å². The van der Waals surface area contributed by atoms with E-state index in [-0.39, 0.29) is 17.6 Å². The van der Waals surface area contributed by atoms with E-state index in [1.54, 1.807) is 12.4 Å². The Kier molecular flexibility index (Phi) is 4.04. The van der Waals surface area contributed by atoms with Gasteiger partial charge in [0, 0.05) is 11.8 Å². The maximum Gasteiger partial charge on any atom is 0.283 e. The summed E-state index contributed by atoms with van der Waals surface area (Å²) in [5.74, 6) is 0. The van der Waals surface area contributed by atoms with Crippen LogP contribution in [0, 0.1) is 0 Å². The summed E-state index contributed by atoms with van der Waals surface area (Å²) < 4.78 is 1.93. The van der Waals surface area contributed by atoms with Crippen molar-refractivity contribution in [3.63, 3.8) is 0 Å². The number of anilines is 1. The topological polar surface area (TPSA) is 75.6 Å². The Balaban J connectivity index is 2.27. The molecule has 0 aromatic carbocycles. The van der Waals surface area contributed by atoms with Gasteiger partial charge in [-0.25, -0.2) is 4.68 Å². The second-order valence-corrected chi connectivity index (χ2v) is 5.41. The van der Waals surface area contributed by atoms with Crippen LogP contribution in [-0.4, -0.2) is 20.0 Å². The van der Waals surface area contributed by atoms with Gasteiger partial charge in [-0.3, -0.25) is 9.89 Å². The number of hydrogen-bond donors (Lipinski definition) is 2. The van der Waals surface area contributed by atoms with Crippen LogP contribution in [0.4, 0.5) is 5.69 Å². The number of hydrogen-bond acceptors (Lipinski definition) is 4. The Labute approximate surface area is 119 Å². The van der Waals surface area contributed by atoms with E-state index >= 15 is 0 Å². The molecule has 0 aliphatic heterocycles. The number of rotatable bonds is 4. The van der Waals surface area contributed by atoms with Gasteiger partial charge >= 0.3 is 0 Å². The summed E-state index contributed by atoms with van der Waals surface area (Å²) in [7, 11) is 0. The molecule has 7 heteroatoms. The maximum absolute atomic E-state index is 12.1. The highest BCUT2D eigenvalue weighted by Crippen LogP contribution is 2.22. The fourth-order valence-corrected chi connectivity index (χ4v) is 2.13. The zero-order valence-corrected chi connectivity index (χ0v) is 12.6. The van der Waals surface area contributed by atoms with Crippen LogP contribution in [0.15, 0.2) is 27.9 Å². The molecule has 0 amide bonds. The van der Waals surface area contributed by atoms with E-state index in [9.17, 15) is 4.79 Å². The molecule has 102 valence electrons. The van der Waals surface area contributed by atoms with Gasteiger partial charge in [0.15, 0.2) is 0 Å². The molecule has 0 saturated heterocycles.